The molecule has 1 N–H and O–H groups in total. The minimum absolute atomic E-state index is 0.685. The Morgan fingerprint density at radius 2 is 1.89 bits per heavy atom. The monoisotopic (exact) mass is 267 g/mol. The van der Waals surface area contributed by atoms with Gasteiger partial charge in [0, 0.05) is 24.8 Å². The van der Waals surface area contributed by atoms with Crippen molar-refractivity contribution in [2.24, 2.45) is 0 Å². The van der Waals surface area contributed by atoms with Crippen LogP contribution >= 0.6 is 0 Å². The number of nitrogens with one attached hydrogen (secondary N) is 1. The Kier molecular flexibility index (Phi) is 8.15. The fourth-order valence-electron chi connectivity index (χ4n) is 2.89. The molecular formula is C16H33N3. The average Bonchev–Trinajstić information content (AvgIpc) is 3.08. The molecule has 0 spiro atoms. The second-order valence-corrected chi connectivity index (χ2v) is 5.52. The van der Waals surface area contributed by atoms with Gasteiger partial charge in [0.2, 0.25) is 0 Å². The fourth-order valence-corrected chi connectivity index (χ4v) is 2.89. The molecule has 0 aromatic heterocycles. The third-order valence-electron chi connectivity index (χ3n) is 4.01. The number of allylic oxidation sites excluding steroid dienone is 1. The Morgan fingerprint density at radius 1 is 1.21 bits per heavy atom. The minimum atomic E-state index is 0.685. The van der Waals surface area contributed by atoms with Crippen LogP contribution in [0.4, 0.5) is 0 Å². The summed E-state index contributed by atoms with van der Waals surface area (Å²) in [5.41, 5.74) is 1.21. The van der Waals surface area contributed by atoms with Crippen molar-refractivity contribution in [3.63, 3.8) is 0 Å². The first-order valence-electron chi connectivity index (χ1n) is 8.12. The zero-order chi connectivity index (χ0) is 14.1. The molecule has 1 unspecified atom stereocenters. The van der Waals surface area contributed by atoms with E-state index in [1.54, 1.807) is 0 Å². The molecule has 0 aromatic carbocycles. The van der Waals surface area contributed by atoms with Crippen LogP contribution in [0, 0.1) is 0 Å². The molecule has 19 heavy (non-hydrogen) atoms. The summed E-state index contributed by atoms with van der Waals surface area (Å²) < 4.78 is 0. The van der Waals surface area contributed by atoms with Gasteiger partial charge in [0.15, 0.2) is 0 Å². The molecule has 0 aliphatic carbocycles. The zero-order valence-electron chi connectivity index (χ0n) is 13.2. The Hall–Kier alpha value is -0.540. The molecule has 2 rings (SSSR count). The lowest BCUT2D eigenvalue weighted by molar-refractivity contribution is 0.326. The van der Waals surface area contributed by atoms with Crippen molar-refractivity contribution < 1.29 is 0 Å². The summed E-state index contributed by atoms with van der Waals surface area (Å²) in [6, 6.07) is 0.685. The summed E-state index contributed by atoms with van der Waals surface area (Å²) in [7, 11) is 0. The molecule has 0 aromatic rings. The molecule has 2 fully saturated rings. The predicted molar refractivity (Wildman–Crippen MR) is 84.4 cm³/mol. The Labute approximate surface area is 120 Å². The van der Waals surface area contributed by atoms with E-state index in [1.807, 2.05) is 13.8 Å². The molecule has 112 valence electrons. The molecule has 2 heterocycles. The van der Waals surface area contributed by atoms with Gasteiger partial charge in [-0.2, -0.15) is 0 Å². The average molecular weight is 267 g/mol. The maximum atomic E-state index is 4.01. The molecule has 0 saturated carbocycles. The summed E-state index contributed by atoms with van der Waals surface area (Å²) in [6.45, 7) is 17.6. The van der Waals surface area contributed by atoms with E-state index in [-0.39, 0.29) is 0 Å². The quantitative estimate of drug-likeness (QED) is 0.747. The highest BCUT2D eigenvalue weighted by Gasteiger charge is 2.21. The standard InChI is InChI=1S/C14H27N3.C2H6/c1-13(2)17-11-6-14(12-17)15-7-5-10-16-8-3-4-9-16;1-2/h14-15H,1,3-12H2,2H3;1-2H3. The van der Waals surface area contributed by atoms with Crippen molar-refractivity contribution in [2.45, 2.75) is 52.5 Å². The Bertz CT molecular complexity index is 246. The number of hydrogen-bond donors (Lipinski definition) is 1. The van der Waals surface area contributed by atoms with E-state index in [2.05, 4.69) is 28.6 Å². The van der Waals surface area contributed by atoms with Gasteiger partial charge in [-0.3, -0.25) is 0 Å². The second kappa shape index (κ2) is 9.38. The van der Waals surface area contributed by atoms with E-state index in [1.165, 1.54) is 64.1 Å². The molecule has 0 bridgehead atoms. The van der Waals surface area contributed by atoms with Crippen LogP contribution in [0.5, 0.6) is 0 Å². The molecule has 1 atom stereocenters. The van der Waals surface area contributed by atoms with Crippen molar-refractivity contribution >= 4 is 0 Å². The highest BCUT2D eigenvalue weighted by Crippen LogP contribution is 2.13. The summed E-state index contributed by atoms with van der Waals surface area (Å²) in [6.07, 6.45) is 5.38. The molecule has 3 nitrogen and oxygen atoms in total. The SMILES string of the molecule is C=C(C)N1CCC(NCCCN2CCCC2)C1.CC. The molecule has 0 amide bonds. The third-order valence-corrected chi connectivity index (χ3v) is 4.01. The first-order chi connectivity index (χ1) is 9.25. The minimum Gasteiger partial charge on any atom is -0.374 e. The Morgan fingerprint density at radius 3 is 2.47 bits per heavy atom. The van der Waals surface area contributed by atoms with E-state index in [0.29, 0.717) is 6.04 Å². The normalized spacial score (nSPS) is 23.3. The van der Waals surface area contributed by atoms with Crippen LogP contribution in [-0.4, -0.2) is 55.1 Å². The molecule has 2 aliphatic heterocycles. The first kappa shape index (κ1) is 16.5. The smallest absolute Gasteiger partial charge is 0.0329 e. The van der Waals surface area contributed by atoms with Crippen LogP contribution < -0.4 is 5.32 Å². The van der Waals surface area contributed by atoms with Crippen molar-refractivity contribution in [2.75, 3.05) is 39.3 Å². The van der Waals surface area contributed by atoms with E-state index in [9.17, 15) is 0 Å². The van der Waals surface area contributed by atoms with Crippen LogP contribution in [-0.2, 0) is 0 Å². The predicted octanol–water partition coefficient (Wildman–Crippen LogP) is 2.70. The highest BCUT2D eigenvalue weighted by molar-refractivity contribution is 4.95. The van der Waals surface area contributed by atoms with Gasteiger partial charge in [-0.15, -0.1) is 0 Å². The number of nitrogens with zero attached hydrogens (tertiary/aromatic N) is 2. The number of rotatable bonds is 6. The summed E-state index contributed by atoms with van der Waals surface area (Å²) in [4.78, 5) is 4.98. The van der Waals surface area contributed by atoms with Gasteiger partial charge in [0.1, 0.15) is 0 Å². The van der Waals surface area contributed by atoms with Gasteiger partial charge < -0.3 is 15.1 Å². The summed E-state index contributed by atoms with van der Waals surface area (Å²) in [5, 5.41) is 3.68. The maximum absolute atomic E-state index is 4.01. The van der Waals surface area contributed by atoms with E-state index in [4.69, 9.17) is 0 Å². The van der Waals surface area contributed by atoms with E-state index < -0.39 is 0 Å². The Balaban J connectivity index is 0.000000861. The lowest BCUT2D eigenvalue weighted by Crippen LogP contribution is -2.34. The molecule has 3 heteroatoms. The van der Waals surface area contributed by atoms with Gasteiger partial charge >= 0.3 is 0 Å². The summed E-state index contributed by atoms with van der Waals surface area (Å²) in [5.74, 6) is 0. The number of hydrogen-bond acceptors (Lipinski definition) is 3. The van der Waals surface area contributed by atoms with Gasteiger partial charge in [-0.05, 0) is 58.8 Å². The van der Waals surface area contributed by atoms with Gasteiger partial charge in [-0.1, -0.05) is 20.4 Å². The van der Waals surface area contributed by atoms with E-state index >= 15 is 0 Å². The lowest BCUT2D eigenvalue weighted by atomic mass is 10.2. The zero-order valence-corrected chi connectivity index (χ0v) is 13.2. The molecule has 0 radical (unpaired) electrons. The topological polar surface area (TPSA) is 18.5 Å². The summed E-state index contributed by atoms with van der Waals surface area (Å²) >= 11 is 0. The van der Waals surface area contributed by atoms with Crippen LogP contribution in [0.25, 0.3) is 0 Å². The van der Waals surface area contributed by atoms with Crippen molar-refractivity contribution in [1.82, 2.24) is 15.1 Å². The lowest BCUT2D eigenvalue weighted by Gasteiger charge is -2.19. The van der Waals surface area contributed by atoms with Gasteiger partial charge in [0.25, 0.3) is 0 Å². The van der Waals surface area contributed by atoms with Gasteiger partial charge in [0.05, 0.1) is 0 Å². The van der Waals surface area contributed by atoms with Crippen LogP contribution in [0.2, 0.25) is 0 Å². The number of likely N-dealkylation sites (tertiary alicyclic amines) is 2. The highest BCUT2D eigenvalue weighted by atomic mass is 15.2. The van der Waals surface area contributed by atoms with Gasteiger partial charge in [-0.25, -0.2) is 0 Å². The second-order valence-electron chi connectivity index (χ2n) is 5.52. The van der Waals surface area contributed by atoms with Crippen LogP contribution in [0.15, 0.2) is 12.3 Å². The van der Waals surface area contributed by atoms with Crippen LogP contribution in [0.3, 0.4) is 0 Å². The molecular weight excluding hydrogens is 234 g/mol. The largest absolute Gasteiger partial charge is 0.374 e. The maximum Gasteiger partial charge on any atom is 0.0329 e. The van der Waals surface area contributed by atoms with Crippen molar-refractivity contribution in [1.29, 1.82) is 0 Å². The van der Waals surface area contributed by atoms with Crippen molar-refractivity contribution in [3.05, 3.63) is 12.3 Å². The first-order valence-corrected chi connectivity index (χ1v) is 8.12. The van der Waals surface area contributed by atoms with Crippen LogP contribution in [0.1, 0.15) is 46.5 Å². The molecule has 2 saturated heterocycles. The third kappa shape index (κ3) is 5.96. The fraction of sp³-hybridized carbons (Fsp3) is 0.875. The van der Waals surface area contributed by atoms with Crippen molar-refractivity contribution in [3.8, 4) is 0 Å². The van der Waals surface area contributed by atoms with E-state index in [0.717, 1.165) is 6.54 Å². The molecule has 2 aliphatic rings.